The Morgan fingerprint density at radius 2 is 1.65 bits per heavy atom. The van der Waals surface area contributed by atoms with Gasteiger partial charge in [0.05, 0.1) is 35.8 Å². The van der Waals surface area contributed by atoms with E-state index in [1.54, 1.807) is 17.0 Å². The number of benzene rings is 2. The molecule has 0 bridgehead atoms. The summed E-state index contributed by atoms with van der Waals surface area (Å²) in [6.45, 7) is 16.6. The molecule has 1 saturated heterocycles. The van der Waals surface area contributed by atoms with Crippen molar-refractivity contribution < 1.29 is 23.1 Å². The summed E-state index contributed by atoms with van der Waals surface area (Å²) in [5, 5.41) is 0.0122. The van der Waals surface area contributed by atoms with E-state index in [1.807, 2.05) is 39.0 Å². The van der Waals surface area contributed by atoms with E-state index in [0.717, 1.165) is 0 Å². The summed E-state index contributed by atoms with van der Waals surface area (Å²) >= 11 is 0. The first-order chi connectivity index (χ1) is 21.5. The molecule has 5 rings (SSSR count). The van der Waals surface area contributed by atoms with E-state index >= 15 is 4.39 Å². The van der Waals surface area contributed by atoms with Crippen LogP contribution < -0.4 is 10.3 Å². The zero-order valence-corrected chi connectivity index (χ0v) is 28.9. The highest BCUT2D eigenvalue weighted by Gasteiger charge is 2.46. The molecule has 1 fully saturated rings. The number of fused-ring (bicyclic) bond motifs is 1. The minimum atomic E-state index is -2.23. The summed E-state index contributed by atoms with van der Waals surface area (Å²) in [6.07, 6.45) is 2.39. The van der Waals surface area contributed by atoms with Crippen molar-refractivity contribution in [2.45, 2.75) is 83.8 Å². The quantitative estimate of drug-likeness (QED) is 0.205. The number of para-hydroxylation sites is 1. The van der Waals surface area contributed by atoms with Gasteiger partial charge in [-0.15, -0.1) is 0 Å². The van der Waals surface area contributed by atoms with E-state index in [1.165, 1.54) is 36.2 Å². The van der Waals surface area contributed by atoms with Gasteiger partial charge in [-0.1, -0.05) is 39.0 Å². The Morgan fingerprint density at radius 1 is 1.00 bits per heavy atom. The first kappa shape index (κ1) is 33.2. The van der Waals surface area contributed by atoms with E-state index in [2.05, 4.69) is 43.8 Å². The number of hydrogen-bond acceptors (Lipinski definition) is 8. The number of hydrogen-bond donors (Lipinski definition) is 0. The van der Waals surface area contributed by atoms with Gasteiger partial charge >= 0.3 is 12.1 Å². The molecule has 244 valence electrons. The second-order valence-corrected chi connectivity index (χ2v) is 18.9. The van der Waals surface area contributed by atoms with Gasteiger partial charge in [0.15, 0.2) is 8.32 Å². The molecular formula is C34H42FN5O5Si. The molecule has 0 aliphatic carbocycles. The lowest BCUT2D eigenvalue weighted by molar-refractivity contribution is 0.0201. The molecule has 2 unspecified atom stereocenters. The number of rotatable bonds is 6. The van der Waals surface area contributed by atoms with Gasteiger partial charge in [-0.25, -0.2) is 24.1 Å². The summed E-state index contributed by atoms with van der Waals surface area (Å²) in [5.74, 6) is -0.286. The monoisotopic (exact) mass is 647 g/mol. The second kappa shape index (κ2) is 12.2. The smallest absolute Gasteiger partial charge is 0.411 e. The maximum absolute atomic E-state index is 15.6. The summed E-state index contributed by atoms with van der Waals surface area (Å²) in [5.41, 5.74) is -0.108. The van der Waals surface area contributed by atoms with Crippen LogP contribution in [0.1, 0.15) is 59.8 Å². The predicted molar refractivity (Wildman–Crippen MR) is 177 cm³/mol. The number of likely N-dealkylation sites (tertiary alicyclic amines) is 1. The number of carbonyl (C=O) groups is 1. The Bertz CT molecular complexity index is 1800. The molecule has 0 spiro atoms. The lowest BCUT2D eigenvalue weighted by atomic mass is 10.0. The molecule has 3 heterocycles. The Kier molecular flexibility index (Phi) is 8.82. The van der Waals surface area contributed by atoms with E-state index < -0.39 is 37.4 Å². The molecule has 2 aromatic heterocycles. The fourth-order valence-corrected chi connectivity index (χ4v) is 6.75. The number of methoxy groups -OCH3 is 1. The van der Waals surface area contributed by atoms with E-state index in [-0.39, 0.29) is 40.2 Å². The zero-order chi connectivity index (χ0) is 33.6. The van der Waals surface area contributed by atoms with Crippen LogP contribution >= 0.6 is 0 Å². The fraction of sp³-hybridized carbons (Fsp3) is 0.441. The summed E-state index contributed by atoms with van der Waals surface area (Å²) in [6, 6.07) is 11.2. The molecule has 10 nitrogen and oxygen atoms in total. The van der Waals surface area contributed by atoms with Gasteiger partial charge < -0.3 is 13.9 Å². The first-order valence-electron chi connectivity index (χ1n) is 15.3. The fourth-order valence-electron chi connectivity index (χ4n) is 5.39. The lowest BCUT2D eigenvalue weighted by Crippen LogP contribution is -2.45. The van der Waals surface area contributed by atoms with Crippen LogP contribution in [0.3, 0.4) is 0 Å². The van der Waals surface area contributed by atoms with E-state index in [9.17, 15) is 9.59 Å². The van der Waals surface area contributed by atoms with Crippen molar-refractivity contribution in [1.29, 1.82) is 0 Å². The number of aromatic nitrogens is 4. The van der Waals surface area contributed by atoms with Crippen LogP contribution in [0.5, 0.6) is 6.01 Å². The third kappa shape index (κ3) is 6.54. The number of halogens is 1. The second-order valence-electron chi connectivity index (χ2n) is 14.1. The maximum Gasteiger partial charge on any atom is 0.411 e. The summed E-state index contributed by atoms with van der Waals surface area (Å²) in [4.78, 5) is 43.3. The molecule has 0 N–H and O–H groups in total. The van der Waals surface area contributed by atoms with Crippen molar-refractivity contribution in [3.63, 3.8) is 0 Å². The zero-order valence-electron chi connectivity index (χ0n) is 27.9. The molecule has 2 atom stereocenters. The Morgan fingerprint density at radius 3 is 2.24 bits per heavy atom. The third-order valence-corrected chi connectivity index (χ3v) is 13.1. The largest absolute Gasteiger partial charge is 0.467 e. The molecule has 1 aliphatic heterocycles. The summed E-state index contributed by atoms with van der Waals surface area (Å²) < 4.78 is 34.8. The van der Waals surface area contributed by atoms with Crippen molar-refractivity contribution >= 4 is 25.3 Å². The third-order valence-electron chi connectivity index (χ3n) is 8.58. The average Bonchev–Trinajstić information content (AvgIpc) is 3.39. The Balaban J connectivity index is 1.74. The number of amides is 1. The van der Waals surface area contributed by atoms with Gasteiger partial charge in [0.1, 0.15) is 17.2 Å². The average molecular weight is 648 g/mol. The van der Waals surface area contributed by atoms with Crippen LogP contribution in [0, 0.1) is 5.82 Å². The van der Waals surface area contributed by atoms with Crippen molar-refractivity contribution in [2.24, 2.45) is 0 Å². The van der Waals surface area contributed by atoms with Gasteiger partial charge in [0, 0.05) is 36.5 Å². The SMILES string of the molecule is COc1ncc(-c2c(F)ccc3nc(C4CC(O[Si](C)(C)C(C)(C)C)CN4C(=O)OC(C)(C)C)n(-c4ccccc4)c(=O)c23)cn1. The van der Waals surface area contributed by atoms with Crippen molar-refractivity contribution in [1.82, 2.24) is 24.4 Å². The van der Waals surface area contributed by atoms with Gasteiger partial charge in [-0.05, 0) is 63.2 Å². The highest BCUT2D eigenvalue weighted by Crippen LogP contribution is 2.42. The molecule has 4 aromatic rings. The Hall–Kier alpha value is -4.16. The van der Waals surface area contributed by atoms with E-state index in [0.29, 0.717) is 23.5 Å². The van der Waals surface area contributed by atoms with Crippen LogP contribution in [0.4, 0.5) is 9.18 Å². The van der Waals surface area contributed by atoms with Gasteiger partial charge in [-0.3, -0.25) is 14.3 Å². The highest BCUT2D eigenvalue weighted by molar-refractivity contribution is 6.74. The van der Waals surface area contributed by atoms with Crippen LogP contribution in [-0.4, -0.2) is 64.2 Å². The van der Waals surface area contributed by atoms with Crippen molar-refractivity contribution in [2.75, 3.05) is 13.7 Å². The van der Waals surface area contributed by atoms with Gasteiger partial charge in [-0.2, -0.15) is 0 Å². The van der Waals surface area contributed by atoms with Crippen LogP contribution in [-0.2, 0) is 9.16 Å². The molecule has 2 aromatic carbocycles. The first-order valence-corrected chi connectivity index (χ1v) is 18.3. The molecule has 12 heteroatoms. The van der Waals surface area contributed by atoms with E-state index in [4.69, 9.17) is 18.9 Å². The van der Waals surface area contributed by atoms with Crippen molar-refractivity contribution in [3.05, 3.63) is 76.9 Å². The van der Waals surface area contributed by atoms with Gasteiger partial charge in [0.25, 0.3) is 5.56 Å². The molecule has 0 radical (unpaired) electrons. The number of ether oxygens (including phenoxy) is 2. The summed E-state index contributed by atoms with van der Waals surface area (Å²) in [7, 11) is -0.799. The molecular weight excluding hydrogens is 605 g/mol. The molecule has 1 aliphatic rings. The van der Waals surface area contributed by atoms with Crippen LogP contribution in [0.25, 0.3) is 27.7 Å². The van der Waals surface area contributed by atoms with Crippen molar-refractivity contribution in [3.8, 4) is 22.8 Å². The topological polar surface area (TPSA) is 109 Å². The predicted octanol–water partition coefficient (Wildman–Crippen LogP) is 7.06. The maximum atomic E-state index is 15.6. The number of nitrogens with zero attached hydrogens (tertiary/aromatic N) is 5. The minimum absolute atomic E-state index is 0.0310. The standard InChI is InChI=1S/C34H42FN5O5Si/c1-33(2,3)44-32(42)39-20-23(45-46(8,9)34(4,5)6)17-26(39)29-38-25-16-15-24(35)27(21-18-36-31(43-7)37-19-21)28(25)30(41)40(29)22-13-11-10-12-14-22/h10-16,18-19,23,26H,17,20H2,1-9H3. The normalized spacial score (nSPS) is 17.4. The lowest BCUT2D eigenvalue weighted by Gasteiger charge is -2.38. The van der Waals surface area contributed by atoms with Crippen LogP contribution in [0.2, 0.25) is 18.1 Å². The highest BCUT2D eigenvalue weighted by atomic mass is 28.4. The van der Waals surface area contributed by atoms with Gasteiger partial charge in [0.2, 0.25) is 0 Å². The molecule has 0 saturated carbocycles. The molecule has 46 heavy (non-hydrogen) atoms. The Labute approximate surface area is 269 Å². The number of carbonyl (C=O) groups excluding carboxylic acids is 1. The molecule has 1 amide bonds. The van der Waals surface area contributed by atoms with Crippen LogP contribution in [0.15, 0.2) is 59.7 Å². The minimum Gasteiger partial charge on any atom is -0.467 e.